The average molecular weight is 380 g/mol. The predicted octanol–water partition coefficient (Wildman–Crippen LogP) is 5.88. The summed E-state index contributed by atoms with van der Waals surface area (Å²) < 4.78 is 5.20. The SMILES string of the molecule is CCCCCCCCCCC(=O)Nc1sc2c(c1C(=O)OCC)CCC2. The number of ether oxygens (including phenoxy) is 1. The van der Waals surface area contributed by atoms with Crippen molar-refractivity contribution in [2.75, 3.05) is 11.9 Å². The van der Waals surface area contributed by atoms with E-state index in [2.05, 4.69) is 12.2 Å². The van der Waals surface area contributed by atoms with Gasteiger partial charge in [-0.2, -0.15) is 0 Å². The van der Waals surface area contributed by atoms with Gasteiger partial charge in [-0.25, -0.2) is 4.79 Å². The van der Waals surface area contributed by atoms with Gasteiger partial charge in [-0.3, -0.25) is 4.79 Å². The molecule has 0 saturated carbocycles. The number of hydrogen-bond acceptors (Lipinski definition) is 4. The van der Waals surface area contributed by atoms with E-state index in [1.54, 1.807) is 11.3 Å². The summed E-state index contributed by atoms with van der Waals surface area (Å²) in [6.45, 7) is 4.40. The number of carbonyl (C=O) groups excluding carboxylic acids is 2. The van der Waals surface area contributed by atoms with E-state index < -0.39 is 0 Å². The molecule has 1 heterocycles. The highest BCUT2D eigenvalue weighted by Crippen LogP contribution is 2.39. The first-order valence-corrected chi connectivity index (χ1v) is 11.1. The number of nitrogens with one attached hydrogen (secondary N) is 1. The van der Waals surface area contributed by atoms with Gasteiger partial charge in [0.05, 0.1) is 12.2 Å². The quantitative estimate of drug-likeness (QED) is 0.364. The lowest BCUT2D eigenvalue weighted by Crippen LogP contribution is -2.14. The molecule has 1 aliphatic carbocycles. The second kappa shape index (κ2) is 11.4. The molecule has 0 saturated heterocycles. The summed E-state index contributed by atoms with van der Waals surface area (Å²) in [5.41, 5.74) is 1.70. The lowest BCUT2D eigenvalue weighted by molar-refractivity contribution is -0.116. The van der Waals surface area contributed by atoms with Crippen molar-refractivity contribution in [1.82, 2.24) is 0 Å². The van der Waals surface area contributed by atoms with Crippen molar-refractivity contribution in [3.63, 3.8) is 0 Å². The lowest BCUT2D eigenvalue weighted by Gasteiger charge is -2.08. The Morgan fingerprint density at radius 2 is 1.69 bits per heavy atom. The standard InChI is InChI=1S/C21H33NO3S/c1-3-5-6-7-8-9-10-11-15-18(23)22-20-19(21(24)25-4-2)16-13-12-14-17(16)26-20/h3-15H2,1-2H3,(H,22,23). The molecule has 1 aromatic rings. The highest BCUT2D eigenvalue weighted by atomic mass is 32.1. The molecule has 1 aliphatic rings. The Bertz CT molecular complexity index is 594. The monoisotopic (exact) mass is 379 g/mol. The molecule has 26 heavy (non-hydrogen) atoms. The first-order chi connectivity index (χ1) is 12.7. The lowest BCUT2D eigenvalue weighted by atomic mass is 10.1. The third-order valence-corrected chi connectivity index (χ3v) is 6.12. The number of carbonyl (C=O) groups is 2. The fourth-order valence-electron chi connectivity index (χ4n) is 3.52. The van der Waals surface area contributed by atoms with Crippen LogP contribution in [-0.2, 0) is 22.4 Å². The maximum atomic E-state index is 12.3. The number of esters is 1. The van der Waals surface area contributed by atoms with Crippen molar-refractivity contribution >= 4 is 28.2 Å². The Kier molecular flexibility index (Phi) is 9.16. The van der Waals surface area contributed by atoms with Crippen LogP contribution in [0, 0.1) is 0 Å². The molecule has 1 N–H and O–H groups in total. The van der Waals surface area contributed by atoms with E-state index >= 15 is 0 Å². The average Bonchev–Trinajstić information content (AvgIpc) is 3.18. The second-order valence-electron chi connectivity index (χ2n) is 7.05. The van der Waals surface area contributed by atoms with Gasteiger partial charge >= 0.3 is 5.97 Å². The largest absolute Gasteiger partial charge is 0.462 e. The number of aryl methyl sites for hydroxylation is 1. The fourth-order valence-corrected chi connectivity index (χ4v) is 4.81. The molecule has 1 amide bonds. The molecule has 0 bridgehead atoms. The topological polar surface area (TPSA) is 55.4 Å². The fraction of sp³-hybridized carbons (Fsp3) is 0.714. The van der Waals surface area contributed by atoms with Crippen LogP contribution in [0.3, 0.4) is 0 Å². The molecule has 0 aliphatic heterocycles. The van der Waals surface area contributed by atoms with E-state index in [4.69, 9.17) is 4.74 Å². The van der Waals surface area contributed by atoms with Crippen LogP contribution in [0.2, 0.25) is 0 Å². The van der Waals surface area contributed by atoms with E-state index in [1.165, 1.54) is 43.4 Å². The molecular weight excluding hydrogens is 346 g/mol. The number of hydrogen-bond donors (Lipinski definition) is 1. The van der Waals surface area contributed by atoms with Crippen molar-refractivity contribution in [2.45, 2.75) is 90.9 Å². The predicted molar refractivity (Wildman–Crippen MR) is 108 cm³/mol. The van der Waals surface area contributed by atoms with Crippen molar-refractivity contribution in [3.8, 4) is 0 Å². The summed E-state index contributed by atoms with van der Waals surface area (Å²) in [5, 5.41) is 3.67. The number of fused-ring (bicyclic) bond motifs is 1. The minimum Gasteiger partial charge on any atom is -0.462 e. The maximum Gasteiger partial charge on any atom is 0.341 e. The molecule has 0 radical (unpaired) electrons. The van der Waals surface area contributed by atoms with Crippen LogP contribution in [0.1, 0.15) is 98.9 Å². The minimum atomic E-state index is -0.297. The van der Waals surface area contributed by atoms with Crippen LogP contribution in [0.25, 0.3) is 0 Å². The molecule has 0 fully saturated rings. The Balaban J connectivity index is 1.77. The molecule has 146 valence electrons. The van der Waals surface area contributed by atoms with Crippen LogP contribution in [-0.4, -0.2) is 18.5 Å². The van der Waals surface area contributed by atoms with Crippen molar-refractivity contribution in [3.05, 3.63) is 16.0 Å². The summed E-state index contributed by atoms with van der Waals surface area (Å²) in [5.74, 6) is -0.282. The van der Waals surface area contributed by atoms with Gasteiger partial charge in [-0.05, 0) is 38.2 Å². The van der Waals surface area contributed by atoms with Crippen molar-refractivity contribution < 1.29 is 14.3 Å². The highest BCUT2D eigenvalue weighted by molar-refractivity contribution is 7.17. The Hall–Kier alpha value is -1.36. The van der Waals surface area contributed by atoms with Gasteiger partial charge in [0.1, 0.15) is 5.00 Å². The molecule has 1 aromatic heterocycles. The van der Waals surface area contributed by atoms with Crippen molar-refractivity contribution in [1.29, 1.82) is 0 Å². The van der Waals surface area contributed by atoms with Gasteiger partial charge in [0.2, 0.25) is 5.91 Å². The molecule has 0 spiro atoms. The molecule has 0 unspecified atom stereocenters. The minimum absolute atomic E-state index is 0.0152. The summed E-state index contributed by atoms with van der Waals surface area (Å²) in [7, 11) is 0. The van der Waals surface area contributed by atoms with E-state index in [1.807, 2.05) is 6.92 Å². The third kappa shape index (κ3) is 6.11. The highest BCUT2D eigenvalue weighted by Gasteiger charge is 2.28. The second-order valence-corrected chi connectivity index (χ2v) is 8.16. The number of unbranched alkanes of at least 4 members (excludes halogenated alkanes) is 7. The van der Waals surface area contributed by atoms with Gasteiger partial charge in [0.25, 0.3) is 0 Å². The number of thiophene rings is 1. The number of anilines is 1. The summed E-state index contributed by atoms with van der Waals surface area (Å²) in [6.07, 6.45) is 13.3. The molecule has 5 heteroatoms. The van der Waals surface area contributed by atoms with Crippen molar-refractivity contribution in [2.24, 2.45) is 0 Å². The zero-order chi connectivity index (χ0) is 18.8. The van der Waals surface area contributed by atoms with E-state index in [0.717, 1.165) is 37.7 Å². The normalized spacial score (nSPS) is 12.8. The summed E-state index contributed by atoms with van der Waals surface area (Å²) >= 11 is 1.55. The van der Waals surface area contributed by atoms with Gasteiger partial charge < -0.3 is 10.1 Å². The molecule has 0 atom stereocenters. The van der Waals surface area contributed by atoms with Crippen LogP contribution >= 0.6 is 11.3 Å². The first kappa shape index (κ1) is 20.9. The zero-order valence-corrected chi connectivity index (χ0v) is 17.1. The van der Waals surface area contributed by atoms with Crippen LogP contribution < -0.4 is 5.32 Å². The van der Waals surface area contributed by atoms with E-state index in [0.29, 0.717) is 23.6 Å². The number of rotatable bonds is 12. The van der Waals surface area contributed by atoms with Gasteiger partial charge in [-0.1, -0.05) is 51.9 Å². The molecule has 0 aromatic carbocycles. The van der Waals surface area contributed by atoms with Gasteiger partial charge in [-0.15, -0.1) is 11.3 Å². The summed E-state index contributed by atoms with van der Waals surface area (Å²) in [4.78, 5) is 25.8. The van der Waals surface area contributed by atoms with Gasteiger partial charge in [0, 0.05) is 11.3 Å². The molecule has 2 rings (SSSR count). The molecule has 4 nitrogen and oxygen atoms in total. The first-order valence-electron chi connectivity index (χ1n) is 10.3. The smallest absolute Gasteiger partial charge is 0.341 e. The maximum absolute atomic E-state index is 12.3. The van der Waals surface area contributed by atoms with Gasteiger partial charge in [0.15, 0.2) is 0 Å². The number of amides is 1. The molecular formula is C21H33NO3S. The Morgan fingerprint density at radius 1 is 1.00 bits per heavy atom. The third-order valence-electron chi connectivity index (χ3n) is 4.91. The van der Waals surface area contributed by atoms with E-state index in [9.17, 15) is 9.59 Å². The van der Waals surface area contributed by atoms with Crippen LogP contribution in [0.5, 0.6) is 0 Å². The summed E-state index contributed by atoms with van der Waals surface area (Å²) in [6, 6.07) is 0. The van der Waals surface area contributed by atoms with Crippen LogP contribution in [0.4, 0.5) is 5.00 Å². The zero-order valence-electron chi connectivity index (χ0n) is 16.3. The Morgan fingerprint density at radius 3 is 2.38 bits per heavy atom. The Labute approximate surface area is 161 Å². The van der Waals surface area contributed by atoms with Crippen LogP contribution in [0.15, 0.2) is 0 Å². The van der Waals surface area contributed by atoms with E-state index in [-0.39, 0.29) is 11.9 Å².